The third kappa shape index (κ3) is 77.2. The Balaban J connectivity index is 5.20. The molecule has 3 N–H and O–H groups in total. The van der Waals surface area contributed by atoms with Gasteiger partial charge in [0.05, 0.1) is 26.4 Å². The molecule has 0 saturated heterocycles. The molecule has 0 rings (SSSR count). The molecule has 0 fully saturated rings. The number of phosphoric acid groups is 2. The number of unbranched alkanes of at least 4 members (excludes halogenated alkanes) is 47. The maximum Gasteiger partial charge on any atom is 0.472 e. The van der Waals surface area contributed by atoms with Crippen molar-refractivity contribution in [3.05, 3.63) is 0 Å². The van der Waals surface area contributed by atoms with Crippen LogP contribution in [0.15, 0.2) is 0 Å². The van der Waals surface area contributed by atoms with Crippen LogP contribution in [-0.4, -0.2) is 96.7 Å². The van der Waals surface area contributed by atoms with Gasteiger partial charge in [0.1, 0.15) is 19.3 Å². The second kappa shape index (κ2) is 74.8. The van der Waals surface area contributed by atoms with E-state index in [0.29, 0.717) is 31.6 Å². The fourth-order valence-corrected chi connectivity index (χ4v) is 14.8. The Kier molecular flexibility index (Phi) is 73.4. The predicted octanol–water partition coefficient (Wildman–Crippen LogP) is 25.9. The summed E-state index contributed by atoms with van der Waals surface area (Å²) in [5.74, 6) is 1.09. The lowest BCUT2D eigenvalue weighted by Crippen LogP contribution is -2.30. The van der Waals surface area contributed by atoms with Gasteiger partial charge in [-0.05, 0) is 49.4 Å². The van der Waals surface area contributed by atoms with E-state index >= 15 is 0 Å². The van der Waals surface area contributed by atoms with Crippen molar-refractivity contribution >= 4 is 39.5 Å². The van der Waals surface area contributed by atoms with E-state index in [1.807, 2.05) is 0 Å². The van der Waals surface area contributed by atoms with Crippen LogP contribution in [0, 0.1) is 23.7 Å². The molecular formula is C86H168O17P2. The van der Waals surface area contributed by atoms with Crippen molar-refractivity contribution in [2.45, 2.75) is 465 Å². The number of phosphoric ester groups is 2. The van der Waals surface area contributed by atoms with Gasteiger partial charge in [-0.3, -0.25) is 37.3 Å². The molecule has 105 heavy (non-hydrogen) atoms. The van der Waals surface area contributed by atoms with E-state index in [-0.39, 0.29) is 25.7 Å². The van der Waals surface area contributed by atoms with Gasteiger partial charge >= 0.3 is 39.5 Å². The topological polar surface area (TPSA) is 237 Å². The Morgan fingerprint density at radius 1 is 0.267 bits per heavy atom. The summed E-state index contributed by atoms with van der Waals surface area (Å²) >= 11 is 0. The zero-order valence-electron chi connectivity index (χ0n) is 69.4. The van der Waals surface area contributed by atoms with Crippen LogP contribution in [0.3, 0.4) is 0 Å². The third-order valence-corrected chi connectivity index (χ3v) is 22.7. The predicted molar refractivity (Wildman–Crippen MR) is 432 cm³/mol. The molecule has 0 aromatic heterocycles. The molecule has 5 unspecified atom stereocenters. The van der Waals surface area contributed by atoms with Crippen LogP contribution in [0.25, 0.3) is 0 Å². The number of esters is 4. The number of aliphatic hydroxyl groups is 1. The van der Waals surface area contributed by atoms with E-state index in [1.54, 1.807) is 0 Å². The molecule has 0 aliphatic heterocycles. The van der Waals surface area contributed by atoms with E-state index in [4.69, 9.17) is 37.0 Å². The lowest BCUT2D eigenvalue weighted by molar-refractivity contribution is -0.161. The second-order valence-electron chi connectivity index (χ2n) is 32.4. The SMILES string of the molecule is CCC(C)CCCCCCCCCCCCCCCCCCCCC(=O)O[C@H](COC(=O)CCCCCCCCCC(C)C)COP(=O)(O)OCC(O)COP(=O)(O)OC[C@@H](COC(=O)CCCCCCCCCCCCCCCCC(C)CC)OC(=O)CCCCCCCCCCCCCCC(C)C. The molecule has 17 nitrogen and oxygen atoms in total. The highest BCUT2D eigenvalue weighted by molar-refractivity contribution is 7.47. The summed E-state index contributed by atoms with van der Waals surface area (Å²) in [7, 11) is -9.93. The monoisotopic (exact) mass is 1540 g/mol. The average molecular weight is 1540 g/mol. The highest BCUT2D eigenvalue weighted by atomic mass is 31.2. The molecule has 0 saturated carbocycles. The van der Waals surface area contributed by atoms with Gasteiger partial charge in [-0.15, -0.1) is 0 Å². The number of carbonyl (C=O) groups excluding carboxylic acids is 4. The van der Waals surface area contributed by atoms with Gasteiger partial charge in [0.15, 0.2) is 12.2 Å². The molecule has 0 aliphatic carbocycles. The number of aliphatic hydroxyl groups excluding tert-OH is 1. The van der Waals surface area contributed by atoms with Crippen LogP contribution < -0.4 is 0 Å². The summed E-state index contributed by atoms with van der Waals surface area (Å²) < 4.78 is 68.9. The Bertz CT molecular complexity index is 2050. The molecule has 0 bridgehead atoms. The molecule has 0 heterocycles. The van der Waals surface area contributed by atoms with Gasteiger partial charge in [-0.2, -0.15) is 0 Å². The molecule has 0 aromatic rings. The van der Waals surface area contributed by atoms with Gasteiger partial charge in [-0.25, -0.2) is 9.13 Å². The molecule has 0 radical (unpaired) electrons. The zero-order chi connectivity index (χ0) is 77.4. The van der Waals surface area contributed by atoms with Crippen LogP contribution >= 0.6 is 15.6 Å². The molecule has 0 aliphatic rings. The smallest absolute Gasteiger partial charge is 0.462 e. The van der Waals surface area contributed by atoms with Gasteiger partial charge in [0, 0.05) is 25.7 Å². The summed E-state index contributed by atoms with van der Waals surface area (Å²) in [6.45, 7) is 14.4. The molecule has 0 spiro atoms. The largest absolute Gasteiger partial charge is 0.472 e. The second-order valence-corrected chi connectivity index (χ2v) is 35.3. The number of rotatable bonds is 83. The first-order valence-corrected chi connectivity index (χ1v) is 47.3. The average Bonchev–Trinajstić information content (AvgIpc) is 0.922. The van der Waals surface area contributed by atoms with E-state index in [1.165, 1.54) is 244 Å². The number of hydrogen-bond donors (Lipinski definition) is 3. The highest BCUT2D eigenvalue weighted by Gasteiger charge is 2.31. The maximum absolute atomic E-state index is 13.1. The Morgan fingerprint density at radius 2 is 0.457 bits per heavy atom. The van der Waals surface area contributed by atoms with Crippen molar-refractivity contribution in [1.29, 1.82) is 0 Å². The minimum Gasteiger partial charge on any atom is -0.462 e. The molecule has 7 atom stereocenters. The van der Waals surface area contributed by atoms with E-state index < -0.39 is 97.5 Å². The first-order chi connectivity index (χ1) is 50.7. The maximum atomic E-state index is 13.1. The van der Waals surface area contributed by atoms with Gasteiger partial charge in [0.2, 0.25) is 0 Å². The van der Waals surface area contributed by atoms with E-state index in [2.05, 4.69) is 55.4 Å². The van der Waals surface area contributed by atoms with Gasteiger partial charge in [-0.1, -0.05) is 396 Å². The minimum atomic E-state index is -4.97. The first-order valence-electron chi connectivity index (χ1n) is 44.3. The zero-order valence-corrected chi connectivity index (χ0v) is 71.2. The van der Waals surface area contributed by atoms with Crippen LogP contribution in [0.1, 0.15) is 447 Å². The Labute approximate surface area is 645 Å². The Hall–Kier alpha value is -1.94. The van der Waals surface area contributed by atoms with Crippen molar-refractivity contribution < 1.29 is 80.2 Å². The number of carbonyl (C=O) groups is 4. The standard InChI is InChI=1S/C86H168O17P2/c1-9-78(7)64-56-48-40-32-26-19-15-13-11-12-14-16-22-29-35-43-52-60-68-85(90)103-82(73-97-84(89)67-59-51-45-37-39-47-55-63-77(5)6)75-101-105(94,95)99-71-80(87)70-98-104(92,93)100-74-81(102-86(91)69-61-53-44-36-30-24-23-25-31-38-46-54-62-76(3)4)72-96-83(88)66-58-50-42-34-28-21-18-17-20-27-33-41-49-57-65-79(8)10-2/h76-82,87H,9-75H2,1-8H3,(H,92,93)(H,94,95)/t78?,79?,80?,81-,82-/m1/s1. The summed E-state index contributed by atoms with van der Waals surface area (Å²) in [5.41, 5.74) is 0. The Morgan fingerprint density at radius 3 is 0.676 bits per heavy atom. The van der Waals surface area contributed by atoms with Crippen LogP contribution in [0.5, 0.6) is 0 Å². The summed E-state index contributed by atoms with van der Waals surface area (Å²) in [6, 6.07) is 0. The summed E-state index contributed by atoms with van der Waals surface area (Å²) in [6.07, 6.45) is 63.9. The summed E-state index contributed by atoms with van der Waals surface area (Å²) in [5, 5.41) is 10.7. The van der Waals surface area contributed by atoms with Crippen LogP contribution in [0.2, 0.25) is 0 Å². The van der Waals surface area contributed by atoms with Crippen molar-refractivity contribution in [2.24, 2.45) is 23.7 Å². The summed E-state index contributed by atoms with van der Waals surface area (Å²) in [4.78, 5) is 73.2. The molecule has 624 valence electrons. The van der Waals surface area contributed by atoms with Crippen LogP contribution in [-0.2, 0) is 65.4 Å². The molecule has 0 amide bonds. The van der Waals surface area contributed by atoms with E-state index in [9.17, 15) is 43.2 Å². The minimum absolute atomic E-state index is 0.107. The van der Waals surface area contributed by atoms with Crippen LogP contribution in [0.4, 0.5) is 0 Å². The normalized spacial score (nSPS) is 14.4. The lowest BCUT2D eigenvalue weighted by atomic mass is 9.99. The third-order valence-electron chi connectivity index (χ3n) is 20.8. The van der Waals surface area contributed by atoms with E-state index in [0.717, 1.165) is 114 Å². The van der Waals surface area contributed by atoms with Gasteiger partial charge in [0.25, 0.3) is 0 Å². The molecule has 0 aromatic carbocycles. The number of hydrogen-bond acceptors (Lipinski definition) is 15. The first kappa shape index (κ1) is 103. The lowest BCUT2D eigenvalue weighted by Gasteiger charge is -2.21. The fraction of sp³-hybridized carbons (Fsp3) is 0.953. The van der Waals surface area contributed by atoms with Crippen molar-refractivity contribution in [1.82, 2.24) is 0 Å². The van der Waals surface area contributed by atoms with Gasteiger partial charge < -0.3 is 33.8 Å². The fourth-order valence-electron chi connectivity index (χ4n) is 13.3. The van der Waals surface area contributed by atoms with Crippen molar-refractivity contribution in [3.8, 4) is 0 Å². The molecular weight excluding hydrogens is 1370 g/mol. The quantitative estimate of drug-likeness (QED) is 0.0222. The van der Waals surface area contributed by atoms with Crippen molar-refractivity contribution in [2.75, 3.05) is 39.6 Å². The highest BCUT2D eigenvalue weighted by Crippen LogP contribution is 2.45. The number of ether oxygens (including phenoxy) is 4. The van der Waals surface area contributed by atoms with Crippen molar-refractivity contribution in [3.63, 3.8) is 0 Å². The molecule has 19 heteroatoms.